The third-order valence-corrected chi connectivity index (χ3v) is 3.87. The van der Waals surface area contributed by atoms with Crippen LogP contribution in [0.2, 0.25) is 0 Å². The van der Waals surface area contributed by atoms with Gasteiger partial charge in [0.2, 0.25) is 0 Å². The Labute approximate surface area is 128 Å². The van der Waals surface area contributed by atoms with Crippen molar-refractivity contribution in [2.45, 2.75) is 33.2 Å². The van der Waals surface area contributed by atoms with Crippen molar-refractivity contribution >= 4 is 11.4 Å². The maximum Gasteiger partial charge on any atom is 0.0410 e. The highest BCUT2D eigenvalue weighted by Crippen LogP contribution is 2.25. The molecule has 2 rings (SSSR count). The molecule has 0 radical (unpaired) electrons. The van der Waals surface area contributed by atoms with E-state index in [0.717, 1.165) is 6.54 Å². The topological polar surface area (TPSA) is 15.3 Å². The molecule has 1 unspecified atom stereocenters. The molecule has 0 saturated carbocycles. The molecular weight excluding hydrogens is 256 g/mol. The minimum absolute atomic E-state index is 0.406. The number of anilines is 2. The van der Waals surface area contributed by atoms with E-state index >= 15 is 0 Å². The number of rotatable bonds is 6. The van der Waals surface area contributed by atoms with Crippen molar-refractivity contribution in [2.24, 2.45) is 0 Å². The number of benzene rings is 2. The van der Waals surface area contributed by atoms with Crippen LogP contribution in [0.1, 0.15) is 37.4 Å². The van der Waals surface area contributed by atoms with E-state index in [2.05, 4.69) is 86.6 Å². The molecule has 1 atom stereocenters. The van der Waals surface area contributed by atoms with Crippen LogP contribution in [-0.2, 0) is 0 Å². The second-order valence-corrected chi connectivity index (χ2v) is 5.67. The Hall–Kier alpha value is -1.80. The van der Waals surface area contributed by atoms with Crippen LogP contribution in [0.3, 0.4) is 0 Å². The van der Waals surface area contributed by atoms with Crippen molar-refractivity contribution in [2.75, 3.05) is 18.5 Å². The van der Waals surface area contributed by atoms with Crippen LogP contribution in [0.15, 0.2) is 48.5 Å². The van der Waals surface area contributed by atoms with Crippen LogP contribution in [0.5, 0.6) is 0 Å². The Kier molecular flexibility index (Phi) is 5.40. The van der Waals surface area contributed by atoms with Gasteiger partial charge in [-0.05, 0) is 62.2 Å². The first-order chi connectivity index (χ1) is 10.1. The Balaban J connectivity index is 2.11. The first-order valence-electron chi connectivity index (χ1n) is 7.75. The van der Waals surface area contributed by atoms with Gasteiger partial charge in [-0.3, -0.25) is 0 Å². The average molecular weight is 282 g/mol. The summed E-state index contributed by atoms with van der Waals surface area (Å²) in [6, 6.07) is 17.8. The van der Waals surface area contributed by atoms with Crippen molar-refractivity contribution in [1.82, 2.24) is 5.32 Å². The van der Waals surface area contributed by atoms with E-state index in [4.69, 9.17) is 0 Å². The number of aryl methyl sites for hydroxylation is 1. The van der Waals surface area contributed by atoms with Gasteiger partial charge in [0.05, 0.1) is 0 Å². The standard InChI is InChI=1S/C19H26N2/c1-5-13-20-16(3)17-9-11-18(12-10-17)21(4)19-8-6-7-15(2)14-19/h6-12,14,16,20H,5,13H2,1-4H3. The second kappa shape index (κ2) is 7.28. The summed E-state index contributed by atoms with van der Waals surface area (Å²) < 4.78 is 0. The maximum atomic E-state index is 3.52. The van der Waals surface area contributed by atoms with E-state index in [-0.39, 0.29) is 0 Å². The van der Waals surface area contributed by atoms with Crippen molar-refractivity contribution in [3.05, 3.63) is 59.7 Å². The summed E-state index contributed by atoms with van der Waals surface area (Å²) in [5.74, 6) is 0. The van der Waals surface area contributed by atoms with Gasteiger partial charge in [-0.15, -0.1) is 0 Å². The number of hydrogen-bond acceptors (Lipinski definition) is 2. The molecule has 1 N–H and O–H groups in total. The molecular formula is C19H26N2. The van der Waals surface area contributed by atoms with Crippen LogP contribution in [0, 0.1) is 6.92 Å². The van der Waals surface area contributed by atoms with Gasteiger partial charge in [0.25, 0.3) is 0 Å². The number of hydrogen-bond donors (Lipinski definition) is 1. The molecule has 2 aromatic rings. The normalized spacial score (nSPS) is 12.2. The zero-order valence-electron chi connectivity index (χ0n) is 13.6. The van der Waals surface area contributed by atoms with Gasteiger partial charge in [-0.25, -0.2) is 0 Å². The molecule has 2 aromatic carbocycles. The van der Waals surface area contributed by atoms with Crippen molar-refractivity contribution in [1.29, 1.82) is 0 Å². The highest BCUT2D eigenvalue weighted by molar-refractivity contribution is 5.63. The molecule has 0 aromatic heterocycles. The summed E-state index contributed by atoms with van der Waals surface area (Å²) in [4.78, 5) is 2.22. The summed E-state index contributed by atoms with van der Waals surface area (Å²) in [6.45, 7) is 7.60. The third-order valence-electron chi connectivity index (χ3n) is 3.87. The fourth-order valence-corrected chi connectivity index (χ4v) is 2.45. The first kappa shape index (κ1) is 15.6. The smallest absolute Gasteiger partial charge is 0.0410 e. The molecule has 0 amide bonds. The molecule has 0 fully saturated rings. The Morgan fingerprint density at radius 2 is 1.76 bits per heavy atom. The SMILES string of the molecule is CCCNC(C)c1ccc(N(C)c2cccc(C)c2)cc1. The van der Waals surface area contributed by atoms with E-state index in [1.807, 2.05) is 0 Å². The first-order valence-corrected chi connectivity index (χ1v) is 7.75. The zero-order valence-corrected chi connectivity index (χ0v) is 13.6. The molecule has 0 saturated heterocycles. The summed E-state index contributed by atoms with van der Waals surface area (Å²) in [5.41, 5.74) is 5.06. The van der Waals surface area contributed by atoms with Gasteiger partial charge in [-0.2, -0.15) is 0 Å². The van der Waals surface area contributed by atoms with E-state index < -0.39 is 0 Å². The second-order valence-electron chi connectivity index (χ2n) is 5.67. The van der Waals surface area contributed by atoms with Crippen LogP contribution in [0.4, 0.5) is 11.4 Å². The lowest BCUT2D eigenvalue weighted by Gasteiger charge is -2.21. The van der Waals surface area contributed by atoms with Gasteiger partial charge < -0.3 is 10.2 Å². The fraction of sp³-hybridized carbons (Fsp3) is 0.368. The summed E-state index contributed by atoms with van der Waals surface area (Å²) in [5, 5.41) is 3.52. The minimum Gasteiger partial charge on any atom is -0.345 e. The molecule has 0 heterocycles. The largest absolute Gasteiger partial charge is 0.345 e. The predicted molar refractivity (Wildman–Crippen MR) is 92.4 cm³/mol. The fourth-order valence-electron chi connectivity index (χ4n) is 2.45. The van der Waals surface area contributed by atoms with Crippen molar-refractivity contribution in [3.63, 3.8) is 0 Å². The lowest BCUT2D eigenvalue weighted by Crippen LogP contribution is -2.19. The Morgan fingerprint density at radius 3 is 2.38 bits per heavy atom. The third kappa shape index (κ3) is 4.08. The minimum atomic E-state index is 0.406. The lowest BCUT2D eigenvalue weighted by molar-refractivity contribution is 0.571. The number of nitrogens with zero attached hydrogens (tertiary/aromatic N) is 1. The zero-order chi connectivity index (χ0) is 15.2. The van der Waals surface area contributed by atoms with E-state index in [1.54, 1.807) is 0 Å². The highest BCUT2D eigenvalue weighted by Gasteiger charge is 2.07. The van der Waals surface area contributed by atoms with Crippen LogP contribution >= 0.6 is 0 Å². The van der Waals surface area contributed by atoms with Crippen LogP contribution < -0.4 is 10.2 Å². The van der Waals surface area contributed by atoms with Crippen LogP contribution in [0.25, 0.3) is 0 Å². The number of nitrogens with one attached hydrogen (secondary N) is 1. The van der Waals surface area contributed by atoms with Crippen molar-refractivity contribution in [3.8, 4) is 0 Å². The van der Waals surface area contributed by atoms with Gasteiger partial charge in [0.1, 0.15) is 0 Å². The predicted octanol–water partition coefficient (Wildman–Crippen LogP) is 4.82. The highest BCUT2D eigenvalue weighted by atomic mass is 15.1. The molecule has 112 valence electrons. The Morgan fingerprint density at radius 1 is 1.05 bits per heavy atom. The monoisotopic (exact) mass is 282 g/mol. The van der Waals surface area contributed by atoms with Crippen LogP contribution in [-0.4, -0.2) is 13.6 Å². The summed E-state index contributed by atoms with van der Waals surface area (Å²) in [7, 11) is 2.11. The summed E-state index contributed by atoms with van der Waals surface area (Å²) in [6.07, 6.45) is 1.17. The van der Waals surface area contributed by atoms with Gasteiger partial charge in [0.15, 0.2) is 0 Å². The molecule has 2 heteroatoms. The summed E-state index contributed by atoms with van der Waals surface area (Å²) >= 11 is 0. The molecule has 21 heavy (non-hydrogen) atoms. The van der Waals surface area contributed by atoms with Gasteiger partial charge >= 0.3 is 0 Å². The Bertz CT molecular complexity index is 560. The molecule has 0 aliphatic carbocycles. The quantitative estimate of drug-likeness (QED) is 0.817. The molecule has 0 spiro atoms. The van der Waals surface area contributed by atoms with Crippen molar-refractivity contribution < 1.29 is 0 Å². The molecule has 0 aliphatic heterocycles. The molecule has 0 bridgehead atoms. The van der Waals surface area contributed by atoms with E-state index in [0.29, 0.717) is 6.04 Å². The maximum absolute atomic E-state index is 3.52. The average Bonchev–Trinajstić information content (AvgIpc) is 2.52. The van der Waals surface area contributed by atoms with E-state index in [9.17, 15) is 0 Å². The molecule has 2 nitrogen and oxygen atoms in total. The van der Waals surface area contributed by atoms with Gasteiger partial charge in [-0.1, -0.05) is 31.2 Å². The molecule has 0 aliphatic rings. The lowest BCUT2D eigenvalue weighted by atomic mass is 10.1. The van der Waals surface area contributed by atoms with E-state index in [1.165, 1.54) is 28.9 Å². The van der Waals surface area contributed by atoms with Gasteiger partial charge in [0, 0.05) is 24.5 Å².